The predicted octanol–water partition coefficient (Wildman–Crippen LogP) is 3.81. The van der Waals surface area contributed by atoms with E-state index >= 15 is 0 Å². The molecule has 3 aromatic rings. The smallest absolute Gasteiger partial charge is 0.350 e. The molecule has 2 atom stereocenters. The monoisotopic (exact) mass is 422 g/mol. The summed E-state index contributed by atoms with van der Waals surface area (Å²) in [7, 11) is 2.67. The van der Waals surface area contributed by atoms with Crippen LogP contribution >= 0.6 is 0 Å². The van der Waals surface area contributed by atoms with Crippen molar-refractivity contribution in [1.82, 2.24) is 4.98 Å². The van der Waals surface area contributed by atoms with Crippen molar-refractivity contribution in [3.63, 3.8) is 0 Å². The van der Waals surface area contributed by atoms with Crippen molar-refractivity contribution in [3.05, 3.63) is 99.7 Å². The molecule has 8 heteroatoms. The molecule has 3 rings (SSSR count). The van der Waals surface area contributed by atoms with Crippen molar-refractivity contribution in [3.8, 4) is 5.88 Å². The summed E-state index contributed by atoms with van der Waals surface area (Å²) in [6, 6.07) is 19.1. The van der Waals surface area contributed by atoms with Gasteiger partial charge >= 0.3 is 11.7 Å². The van der Waals surface area contributed by atoms with Crippen LogP contribution in [0.3, 0.4) is 0 Å². The Kier molecular flexibility index (Phi) is 6.61. The Bertz CT molecular complexity index is 1070. The minimum Gasteiger partial charge on any atom is -0.466 e. The first-order valence-electron chi connectivity index (χ1n) is 9.46. The SMILES string of the molecule is COC(=O)C(Oc1ncccc1[N+](=O)[O-])C(OC)(c1ccccc1)c1ccccc1C. The molecule has 31 heavy (non-hydrogen) atoms. The molecule has 0 saturated heterocycles. The number of ether oxygens (including phenoxy) is 3. The van der Waals surface area contributed by atoms with E-state index in [4.69, 9.17) is 14.2 Å². The molecule has 1 aromatic heterocycles. The molecule has 0 aliphatic carbocycles. The molecule has 0 spiro atoms. The van der Waals surface area contributed by atoms with Gasteiger partial charge < -0.3 is 14.2 Å². The van der Waals surface area contributed by atoms with Gasteiger partial charge in [-0.2, -0.15) is 0 Å². The Morgan fingerprint density at radius 3 is 2.32 bits per heavy atom. The fraction of sp³-hybridized carbons (Fsp3) is 0.217. The lowest BCUT2D eigenvalue weighted by Crippen LogP contribution is -2.51. The molecule has 160 valence electrons. The average molecular weight is 422 g/mol. The maximum absolute atomic E-state index is 13.0. The molecule has 2 aromatic carbocycles. The number of aromatic nitrogens is 1. The summed E-state index contributed by atoms with van der Waals surface area (Å²) >= 11 is 0. The van der Waals surface area contributed by atoms with Crippen LogP contribution in [0.5, 0.6) is 5.88 Å². The van der Waals surface area contributed by atoms with Crippen LogP contribution in [0.25, 0.3) is 0 Å². The fourth-order valence-corrected chi connectivity index (χ4v) is 3.59. The van der Waals surface area contributed by atoms with Crippen LogP contribution in [0.15, 0.2) is 72.9 Å². The Morgan fingerprint density at radius 2 is 1.71 bits per heavy atom. The van der Waals surface area contributed by atoms with Gasteiger partial charge in [0.25, 0.3) is 5.88 Å². The number of benzene rings is 2. The molecule has 1 heterocycles. The van der Waals surface area contributed by atoms with E-state index in [9.17, 15) is 14.9 Å². The first-order valence-corrected chi connectivity index (χ1v) is 9.46. The van der Waals surface area contributed by atoms with Gasteiger partial charge in [-0.25, -0.2) is 9.78 Å². The second-order valence-corrected chi connectivity index (χ2v) is 6.73. The Morgan fingerprint density at radius 1 is 1.03 bits per heavy atom. The van der Waals surface area contributed by atoms with E-state index in [0.29, 0.717) is 11.1 Å². The maximum Gasteiger partial charge on any atom is 0.350 e. The number of rotatable bonds is 8. The van der Waals surface area contributed by atoms with E-state index in [-0.39, 0.29) is 11.6 Å². The van der Waals surface area contributed by atoms with Crippen molar-refractivity contribution < 1.29 is 23.9 Å². The lowest BCUT2D eigenvalue weighted by molar-refractivity contribution is -0.386. The van der Waals surface area contributed by atoms with Crippen LogP contribution in [-0.4, -0.2) is 36.2 Å². The molecule has 2 unspecified atom stereocenters. The number of hydrogen-bond donors (Lipinski definition) is 0. The molecule has 0 radical (unpaired) electrons. The van der Waals surface area contributed by atoms with Crippen molar-refractivity contribution in [2.75, 3.05) is 14.2 Å². The Balaban J connectivity index is 2.29. The number of carbonyl (C=O) groups is 1. The number of nitrogens with zero attached hydrogens (tertiary/aromatic N) is 2. The molecule has 8 nitrogen and oxygen atoms in total. The third-order valence-electron chi connectivity index (χ3n) is 5.03. The van der Waals surface area contributed by atoms with E-state index in [1.807, 2.05) is 37.3 Å². The van der Waals surface area contributed by atoms with Gasteiger partial charge in [0.05, 0.1) is 12.0 Å². The fourth-order valence-electron chi connectivity index (χ4n) is 3.59. The molecule has 0 aliphatic heterocycles. The predicted molar refractivity (Wildman–Crippen MR) is 113 cm³/mol. The zero-order valence-electron chi connectivity index (χ0n) is 17.3. The number of esters is 1. The quantitative estimate of drug-likeness (QED) is 0.309. The molecule has 0 N–H and O–H groups in total. The molecule has 0 fully saturated rings. The molecular weight excluding hydrogens is 400 g/mol. The normalized spacial score (nSPS) is 13.6. The highest BCUT2D eigenvalue weighted by atomic mass is 16.6. The summed E-state index contributed by atoms with van der Waals surface area (Å²) in [4.78, 5) is 27.9. The third kappa shape index (κ3) is 4.10. The van der Waals surface area contributed by atoms with Crippen molar-refractivity contribution in [2.45, 2.75) is 18.6 Å². The van der Waals surface area contributed by atoms with Gasteiger partial charge in [0.2, 0.25) is 6.10 Å². The number of carbonyl (C=O) groups excluding carboxylic acids is 1. The van der Waals surface area contributed by atoms with Gasteiger partial charge in [-0.15, -0.1) is 0 Å². The zero-order chi connectivity index (χ0) is 22.4. The summed E-state index contributed by atoms with van der Waals surface area (Å²) in [5.41, 5.74) is 0.254. The highest BCUT2D eigenvalue weighted by Gasteiger charge is 2.51. The van der Waals surface area contributed by atoms with Gasteiger partial charge in [0.15, 0.2) is 5.60 Å². The second-order valence-electron chi connectivity index (χ2n) is 6.73. The lowest BCUT2D eigenvalue weighted by atomic mass is 9.79. The molecule has 0 amide bonds. The highest BCUT2D eigenvalue weighted by molar-refractivity contribution is 5.78. The maximum atomic E-state index is 13.0. The van der Waals surface area contributed by atoms with Crippen LogP contribution in [0.1, 0.15) is 16.7 Å². The summed E-state index contributed by atoms with van der Waals surface area (Å²) in [6.07, 6.45) is -0.0823. The van der Waals surface area contributed by atoms with Crippen LogP contribution in [0, 0.1) is 17.0 Å². The Hall–Kier alpha value is -3.78. The van der Waals surface area contributed by atoms with Gasteiger partial charge in [0.1, 0.15) is 0 Å². The van der Waals surface area contributed by atoms with E-state index in [1.165, 1.54) is 32.5 Å². The van der Waals surface area contributed by atoms with Crippen molar-refractivity contribution >= 4 is 11.7 Å². The van der Waals surface area contributed by atoms with E-state index in [2.05, 4.69) is 4.98 Å². The molecule has 0 aliphatic rings. The largest absolute Gasteiger partial charge is 0.466 e. The Labute approximate surface area is 179 Å². The van der Waals surface area contributed by atoms with Crippen LogP contribution < -0.4 is 4.74 Å². The molecule has 0 bridgehead atoms. The van der Waals surface area contributed by atoms with Gasteiger partial charge in [-0.1, -0.05) is 54.6 Å². The zero-order valence-corrected chi connectivity index (χ0v) is 17.3. The van der Waals surface area contributed by atoms with Crippen molar-refractivity contribution in [2.24, 2.45) is 0 Å². The number of nitro groups is 1. The second kappa shape index (κ2) is 9.36. The summed E-state index contributed by atoms with van der Waals surface area (Å²) in [5.74, 6) is -1.08. The lowest BCUT2D eigenvalue weighted by Gasteiger charge is -2.39. The van der Waals surface area contributed by atoms with Gasteiger partial charge in [-0.05, 0) is 29.7 Å². The van der Waals surface area contributed by atoms with Gasteiger partial charge in [-0.3, -0.25) is 10.1 Å². The standard InChI is InChI=1S/C23H22N2O6/c1-16-10-7-8-13-18(16)23(30-3,17-11-5-4-6-12-17)20(22(26)29-2)31-21-19(25(27)28)14-9-15-24-21/h4-15,20H,1-3H3. The van der Waals surface area contributed by atoms with E-state index < -0.39 is 22.6 Å². The topological polar surface area (TPSA) is 101 Å². The first kappa shape index (κ1) is 21.9. The number of aryl methyl sites for hydroxylation is 1. The molecular formula is C23H22N2O6. The van der Waals surface area contributed by atoms with Crippen LogP contribution in [-0.2, 0) is 19.9 Å². The number of methoxy groups -OCH3 is 2. The van der Waals surface area contributed by atoms with Crippen molar-refractivity contribution in [1.29, 1.82) is 0 Å². The summed E-state index contributed by atoms with van der Waals surface area (Å²) < 4.78 is 17.0. The third-order valence-corrected chi connectivity index (χ3v) is 5.03. The number of pyridine rings is 1. The summed E-state index contributed by atoms with van der Waals surface area (Å²) in [6.45, 7) is 1.88. The van der Waals surface area contributed by atoms with Gasteiger partial charge in [0, 0.05) is 19.4 Å². The number of hydrogen-bond acceptors (Lipinski definition) is 7. The first-order chi connectivity index (χ1) is 15.0. The minimum atomic E-state index is -1.47. The average Bonchev–Trinajstić information content (AvgIpc) is 2.80. The minimum absolute atomic E-state index is 0.311. The van der Waals surface area contributed by atoms with Crippen LogP contribution in [0.4, 0.5) is 5.69 Å². The van der Waals surface area contributed by atoms with E-state index in [1.54, 1.807) is 24.3 Å². The highest BCUT2D eigenvalue weighted by Crippen LogP contribution is 2.41. The summed E-state index contributed by atoms with van der Waals surface area (Å²) in [5, 5.41) is 11.5. The molecule has 0 saturated carbocycles. The van der Waals surface area contributed by atoms with Crippen LogP contribution in [0.2, 0.25) is 0 Å². The van der Waals surface area contributed by atoms with E-state index in [0.717, 1.165) is 5.56 Å².